The van der Waals surface area contributed by atoms with Crippen LogP contribution in [0.25, 0.3) is 0 Å². The SMILES string of the molecule is C=C(C)/C=C\C=C/C(C)O. The maximum absolute atomic E-state index is 8.77. The molecule has 0 aliphatic heterocycles. The molecule has 1 N–H and O–H groups in total. The van der Waals surface area contributed by atoms with E-state index >= 15 is 0 Å². The van der Waals surface area contributed by atoms with Crippen molar-refractivity contribution in [1.29, 1.82) is 0 Å². The second-order valence-corrected chi connectivity index (χ2v) is 2.33. The molecule has 1 unspecified atom stereocenters. The molecule has 1 atom stereocenters. The number of allylic oxidation sites excluding steroid dienone is 4. The molecule has 0 aliphatic carbocycles. The van der Waals surface area contributed by atoms with Crippen LogP contribution < -0.4 is 0 Å². The van der Waals surface area contributed by atoms with Gasteiger partial charge in [0.2, 0.25) is 0 Å². The lowest BCUT2D eigenvalue weighted by Gasteiger charge is -1.89. The smallest absolute Gasteiger partial charge is 0.0695 e. The summed E-state index contributed by atoms with van der Waals surface area (Å²) < 4.78 is 0. The topological polar surface area (TPSA) is 20.2 Å². The van der Waals surface area contributed by atoms with Crippen LogP contribution in [0.1, 0.15) is 13.8 Å². The maximum Gasteiger partial charge on any atom is 0.0695 e. The van der Waals surface area contributed by atoms with E-state index in [1.165, 1.54) is 0 Å². The predicted molar refractivity (Wildman–Crippen MR) is 44.8 cm³/mol. The van der Waals surface area contributed by atoms with E-state index in [9.17, 15) is 0 Å². The first-order valence-corrected chi connectivity index (χ1v) is 3.31. The van der Waals surface area contributed by atoms with Gasteiger partial charge in [0, 0.05) is 0 Å². The minimum atomic E-state index is -0.366. The van der Waals surface area contributed by atoms with Crippen LogP contribution in [0, 0.1) is 0 Å². The van der Waals surface area contributed by atoms with Crippen molar-refractivity contribution in [3.05, 3.63) is 36.5 Å². The van der Waals surface area contributed by atoms with Crippen LogP contribution in [0.4, 0.5) is 0 Å². The Morgan fingerprint density at radius 1 is 1.50 bits per heavy atom. The van der Waals surface area contributed by atoms with Crippen LogP contribution in [0.5, 0.6) is 0 Å². The quantitative estimate of drug-likeness (QED) is 0.592. The van der Waals surface area contributed by atoms with Crippen LogP contribution in [-0.4, -0.2) is 11.2 Å². The van der Waals surface area contributed by atoms with Crippen LogP contribution in [-0.2, 0) is 0 Å². The molecule has 0 aliphatic rings. The molecule has 10 heavy (non-hydrogen) atoms. The van der Waals surface area contributed by atoms with Crippen molar-refractivity contribution in [2.75, 3.05) is 0 Å². The number of rotatable bonds is 3. The summed E-state index contributed by atoms with van der Waals surface area (Å²) in [6, 6.07) is 0. The highest BCUT2D eigenvalue weighted by Gasteiger charge is 1.80. The molecule has 0 fully saturated rings. The highest BCUT2D eigenvalue weighted by atomic mass is 16.3. The van der Waals surface area contributed by atoms with E-state index < -0.39 is 0 Å². The van der Waals surface area contributed by atoms with Crippen molar-refractivity contribution in [3.63, 3.8) is 0 Å². The van der Waals surface area contributed by atoms with Gasteiger partial charge in [-0.15, -0.1) is 0 Å². The minimum Gasteiger partial charge on any atom is -0.389 e. The Morgan fingerprint density at radius 2 is 2.10 bits per heavy atom. The molecule has 56 valence electrons. The Bertz CT molecular complexity index is 152. The molecule has 0 aromatic rings. The molecule has 0 radical (unpaired) electrons. The zero-order valence-corrected chi connectivity index (χ0v) is 6.54. The molecule has 1 nitrogen and oxygen atoms in total. The van der Waals surface area contributed by atoms with E-state index in [0.717, 1.165) is 5.57 Å². The van der Waals surface area contributed by atoms with Crippen LogP contribution in [0.2, 0.25) is 0 Å². The summed E-state index contributed by atoms with van der Waals surface area (Å²) in [5.41, 5.74) is 1.01. The molecule has 0 bridgehead atoms. The monoisotopic (exact) mass is 138 g/mol. The van der Waals surface area contributed by atoms with Gasteiger partial charge in [-0.25, -0.2) is 0 Å². The first-order valence-electron chi connectivity index (χ1n) is 3.31. The van der Waals surface area contributed by atoms with Crippen molar-refractivity contribution >= 4 is 0 Å². The molecule has 0 aromatic carbocycles. The fourth-order valence-electron chi connectivity index (χ4n) is 0.445. The Morgan fingerprint density at radius 3 is 2.50 bits per heavy atom. The van der Waals surface area contributed by atoms with Crippen molar-refractivity contribution in [2.45, 2.75) is 20.0 Å². The van der Waals surface area contributed by atoms with Crippen LogP contribution in [0.3, 0.4) is 0 Å². The fourth-order valence-corrected chi connectivity index (χ4v) is 0.445. The van der Waals surface area contributed by atoms with Gasteiger partial charge in [-0.2, -0.15) is 0 Å². The first-order chi connectivity index (χ1) is 4.63. The molecule has 0 rings (SSSR count). The highest BCUT2D eigenvalue weighted by molar-refractivity contribution is 5.17. The van der Waals surface area contributed by atoms with E-state index in [1.54, 1.807) is 19.1 Å². The Labute approximate surface area is 62.4 Å². The molecule has 0 aromatic heterocycles. The van der Waals surface area contributed by atoms with E-state index in [2.05, 4.69) is 6.58 Å². The van der Waals surface area contributed by atoms with E-state index in [4.69, 9.17) is 5.11 Å². The standard InChI is InChI=1S/C9H14O/c1-8(2)6-4-5-7-9(3)10/h4-7,9-10H,1H2,2-3H3/b6-4-,7-5-. The lowest BCUT2D eigenvalue weighted by atomic mass is 10.3. The molecule has 0 saturated carbocycles. The average Bonchev–Trinajstić information content (AvgIpc) is 1.79. The largest absolute Gasteiger partial charge is 0.389 e. The van der Waals surface area contributed by atoms with Gasteiger partial charge in [0.1, 0.15) is 0 Å². The molecule has 0 heterocycles. The molecular formula is C9H14O. The summed E-state index contributed by atoms with van der Waals surface area (Å²) >= 11 is 0. The second kappa shape index (κ2) is 5.00. The third-order valence-corrected chi connectivity index (χ3v) is 0.881. The summed E-state index contributed by atoms with van der Waals surface area (Å²) in [7, 11) is 0. The van der Waals surface area contributed by atoms with E-state index in [0.29, 0.717) is 0 Å². The first kappa shape index (κ1) is 9.18. The van der Waals surface area contributed by atoms with Gasteiger partial charge in [0.05, 0.1) is 6.10 Å². The molecule has 0 amide bonds. The average molecular weight is 138 g/mol. The molecule has 1 heteroatoms. The fraction of sp³-hybridized carbons (Fsp3) is 0.333. The zero-order chi connectivity index (χ0) is 7.98. The lowest BCUT2D eigenvalue weighted by Crippen LogP contribution is -1.90. The van der Waals surface area contributed by atoms with Gasteiger partial charge in [-0.1, -0.05) is 36.5 Å². The molecule has 0 spiro atoms. The van der Waals surface area contributed by atoms with Crippen molar-refractivity contribution in [3.8, 4) is 0 Å². The number of aliphatic hydroxyl groups excluding tert-OH is 1. The van der Waals surface area contributed by atoms with Gasteiger partial charge in [0.15, 0.2) is 0 Å². The number of hydrogen-bond acceptors (Lipinski definition) is 1. The summed E-state index contributed by atoms with van der Waals surface area (Å²) in [5.74, 6) is 0. The summed E-state index contributed by atoms with van der Waals surface area (Å²) in [5, 5.41) is 8.77. The highest BCUT2D eigenvalue weighted by Crippen LogP contribution is 1.90. The van der Waals surface area contributed by atoms with Crippen molar-refractivity contribution < 1.29 is 5.11 Å². The van der Waals surface area contributed by atoms with Crippen molar-refractivity contribution in [2.24, 2.45) is 0 Å². The third kappa shape index (κ3) is 7.18. The predicted octanol–water partition coefficient (Wildman–Crippen LogP) is 2.06. The van der Waals surface area contributed by atoms with Crippen LogP contribution >= 0.6 is 0 Å². The summed E-state index contributed by atoms with van der Waals surface area (Å²) in [4.78, 5) is 0. The Balaban J connectivity index is 3.62. The van der Waals surface area contributed by atoms with Crippen molar-refractivity contribution in [1.82, 2.24) is 0 Å². The summed E-state index contributed by atoms with van der Waals surface area (Å²) in [6.45, 7) is 7.33. The maximum atomic E-state index is 8.77. The van der Waals surface area contributed by atoms with Gasteiger partial charge < -0.3 is 5.11 Å². The molecular weight excluding hydrogens is 124 g/mol. The molecule has 0 saturated heterocycles. The van der Waals surface area contributed by atoms with Crippen LogP contribution in [0.15, 0.2) is 36.5 Å². The second-order valence-electron chi connectivity index (χ2n) is 2.33. The number of aliphatic hydroxyl groups is 1. The van der Waals surface area contributed by atoms with Gasteiger partial charge in [-0.05, 0) is 13.8 Å². The zero-order valence-electron chi connectivity index (χ0n) is 6.54. The van der Waals surface area contributed by atoms with E-state index in [-0.39, 0.29) is 6.10 Å². The van der Waals surface area contributed by atoms with Gasteiger partial charge >= 0.3 is 0 Å². The normalized spacial score (nSPS) is 14.7. The van der Waals surface area contributed by atoms with Gasteiger partial charge in [0.25, 0.3) is 0 Å². The lowest BCUT2D eigenvalue weighted by molar-refractivity contribution is 0.244. The van der Waals surface area contributed by atoms with Gasteiger partial charge in [-0.3, -0.25) is 0 Å². The minimum absolute atomic E-state index is 0.366. The Hall–Kier alpha value is -0.820. The summed E-state index contributed by atoms with van der Waals surface area (Å²) in [6.07, 6.45) is 6.89. The number of hydrogen-bond donors (Lipinski definition) is 1. The van der Waals surface area contributed by atoms with E-state index in [1.807, 2.05) is 19.1 Å². The third-order valence-electron chi connectivity index (χ3n) is 0.881. The Kier molecular flexibility index (Phi) is 4.59.